The van der Waals surface area contributed by atoms with Gasteiger partial charge in [0.25, 0.3) is 0 Å². The van der Waals surface area contributed by atoms with Crippen molar-refractivity contribution in [3.63, 3.8) is 0 Å². The number of pyridine rings is 1. The lowest BCUT2D eigenvalue weighted by molar-refractivity contribution is 1.01. The maximum atomic E-state index is 6.14. The monoisotopic (exact) mass is 299 g/mol. The second-order valence-electron chi connectivity index (χ2n) is 4.57. The maximum absolute atomic E-state index is 6.14. The van der Waals surface area contributed by atoms with E-state index in [4.69, 9.17) is 17.3 Å². The minimum Gasteiger partial charge on any atom is -0.369 e. The van der Waals surface area contributed by atoms with Crippen molar-refractivity contribution in [2.24, 2.45) is 0 Å². The zero-order valence-electron chi connectivity index (χ0n) is 11.3. The number of nitrogens with zero attached hydrogens (tertiary/aromatic N) is 3. The van der Waals surface area contributed by atoms with Gasteiger partial charge in [0.2, 0.25) is 5.95 Å². The number of nitrogen functional groups attached to an aromatic ring is 1. The van der Waals surface area contributed by atoms with Crippen LogP contribution in [0, 0.1) is 0 Å². The highest BCUT2D eigenvalue weighted by molar-refractivity contribution is 6.31. The predicted octanol–water partition coefficient (Wildman–Crippen LogP) is 2.92. The minimum absolute atomic E-state index is 0.210. The Morgan fingerprint density at radius 2 is 1.95 bits per heavy atom. The average molecular weight is 300 g/mol. The van der Waals surface area contributed by atoms with Crippen molar-refractivity contribution in [1.82, 2.24) is 15.0 Å². The minimum atomic E-state index is 0.210. The van der Waals surface area contributed by atoms with E-state index in [2.05, 4.69) is 20.3 Å². The molecule has 6 heteroatoms. The Morgan fingerprint density at radius 1 is 1.10 bits per heavy atom. The first-order valence-corrected chi connectivity index (χ1v) is 6.97. The largest absolute Gasteiger partial charge is 0.369 e. The summed E-state index contributed by atoms with van der Waals surface area (Å²) in [6, 6.07) is 11.6. The van der Waals surface area contributed by atoms with Crippen molar-refractivity contribution in [2.45, 2.75) is 6.42 Å². The summed E-state index contributed by atoms with van der Waals surface area (Å²) in [6.45, 7) is 0.699. The number of aromatic nitrogens is 3. The van der Waals surface area contributed by atoms with E-state index in [9.17, 15) is 0 Å². The van der Waals surface area contributed by atoms with Crippen LogP contribution in [0.3, 0.4) is 0 Å². The van der Waals surface area contributed by atoms with Crippen molar-refractivity contribution in [2.75, 3.05) is 17.6 Å². The van der Waals surface area contributed by atoms with E-state index in [0.29, 0.717) is 18.0 Å². The van der Waals surface area contributed by atoms with E-state index in [1.165, 1.54) is 0 Å². The molecule has 0 saturated carbocycles. The fourth-order valence-electron chi connectivity index (χ4n) is 2.13. The molecule has 3 N–H and O–H groups in total. The zero-order valence-corrected chi connectivity index (χ0v) is 12.0. The first kappa shape index (κ1) is 13.6. The number of halogens is 1. The Balaban J connectivity index is 1.78. The van der Waals surface area contributed by atoms with Crippen molar-refractivity contribution < 1.29 is 0 Å². The third-order valence-corrected chi connectivity index (χ3v) is 3.50. The van der Waals surface area contributed by atoms with E-state index in [-0.39, 0.29) is 5.95 Å². The van der Waals surface area contributed by atoms with E-state index in [0.717, 1.165) is 22.4 Å². The summed E-state index contributed by atoms with van der Waals surface area (Å²) in [5.74, 6) is 0.902. The first-order valence-electron chi connectivity index (χ1n) is 6.59. The molecule has 0 fully saturated rings. The second-order valence-corrected chi connectivity index (χ2v) is 4.98. The van der Waals surface area contributed by atoms with Crippen LogP contribution in [0.2, 0.25) is 5.02 Å². The number of hydrogen-bond donors (Lipinski definition) is 2. The molecule has 0 spiro atoms. The summed E-state index contributed by atoms with van der Waals surface area (Å²) in [4.78, 5) is 12.5. The van der Waals surface area contributed by atoms with Crippen LogP contribution in [0.25, 0.3) is 11.0 Å². The number of nitrogens with two attached hydrogens (primary N) is 1. The molecule has 0 radical (unpaired) electrons. The number of anilines is 2. The molecule has 0 atom stereocenters. The fraction of sp³-hybridized carbons (Fsp3) is 0.133. The highest BCUT2D eigenvalue weighted by Gasteiger charge is 2.06. The quantitative estimate of drug-likeness (QED) is 0.774. The van der Waals surface area contributed by atoms with Gasteiger partial charge < -0.3 is 11.1 Å². The van der Waals surface area contributed by atoms with E-state index >= 15 is 0 Å². The molecule has 0 amide bonds. The normalized spacial score (nSPS) is 10.7. The number of rotatable bonds is 4. The third-order valence-electron chi connectivity index (χ3n) is 3.13. The summed E-state index contributed by atoms with van der Waals surface area (Å²) in [5, 5.41) is 4.90. The van der Waals surface area contributed by atoms with Gasteiger partial charge in [-0.2, -0.15) is 9.97 Å². The smallest absolute Gasteiger partial charge is 0.224 e. The van der Waals surface area contributed by atoms with Crippen LogP contribution in [0.1, 0.15) is 5.56 Å². The molecule has 0 unspecified atom stereocenters. The van der Waals surface area contributed by atoms with Crippen LogP contribution in [0.4, 0.5) is 11.8 Å². The summed E-state index contributed by atoms with van der Waals surface area (Å²) in [5.41, 5.74) is 7.39. The summed E-state index contributed by atoms with van der Waals surface area (Å²) in [7, 11) is 0. The van der Waals surface area contributed by atoms with Crippen LogP contribution in [-0.4, -0.2) is 21.5 Å². The van der Waals surface area contributed by atoms with Crippen LogP contribution < -0.4 is 11.1 Å². The van der Waals surface area contributed by atoms with Gasteiger partial charge in [-0.25, -0.2) is 4.98 Å². The van der Waals surface area contributed by atoms with Gasteiger partial charge in [0.1, 0.15) is 5.82 Å². The van der Waals surface area contributed by atoms with Crippen LogP contribution >= 0.6 is 11.6 Å². The SMILES string of the molecule is Nc1nc(NCCc2ccccc2Cl)c2cccnc2n1. The molecule has 0 aliphatic heterocycles. The molecule has 3 aromatic rings. The highest BCUT2D eigenvalue weighted by Crippen LogP contribution is 2.20. The van der Waals surface area contributed by atoms with Gasteiger partial charge in [0, 0.05) is 17.8 Å². The van der Waals surface area contributed by atoms with Crippen LogP contribution in [0.15, 0.2) is 42.6 Å². The molecule has 2 heterocycles. The molecule has 2 aromatic heterocycles. The number of nitrogens with one attached hydrogen (secondary N) is 1. The molecule has 0 aliphatic rings. The molecular weight excluding hydrogens is 286 g/mol. The van der Waals surface area contributed by atoms with Crippen molar-refractivity contribution >= 4 is 34.4 Å². The third kappa shape index (κ3) is 3.03. The predicted molar refractivity (Wildman–Crippen MR) is 85.4 cm³/mol. The molecule has 0 aliphatic carbocycles. The Morgan fingerprint density at radius 3 is 2.81 bits per heavy atom. The lowest BCUT2D eigenvalue weighted by atomic mass is 10.1. The van der Waals surface area contributed by atoms with Gasteiger partial charge in [-0.1, -0.05) is 29.8 Å². The van der Waals surface area contributed by atoms with Crippen molar-refractivity contribution in [1.29, 1.82) is 0 Å². The molecule has 5 nitrogen and oxygen atoms in total. The van der Waals surface area contributed by atoms with Gasteiger partial charge in [0.15, 0.2) is 5.65 Å². The van der Waals surface area contributed by atoms with Crippen molar-refractivity contribution in [3.8, 4) is 0 Å². The lowest BCUT2D eigenvalue weighted by Crippen LogP contribution is -2.09. The van der Waals surface area contributed by atoms with Gasteiger partial charge >= 0.3 is 0 Å². The summed E-state index contributed by atoms with van der Waals surface area (Å²) < 4.78 is 0. The average Bonchev–Trinajstić information content (AvgIpc) is 2.49. The Kier molecular flexibility index (Phi) is 3.83. The van der Waals surface area contributed by atoms with Crippen LogP contribution in [0.5, 0.6) is 0 Å². The fourth-order valence-corrected chi connectivity index (χ4v) is 2.36. The first-order chi connectivity index (χ1) is 10.2. The number of hydrogen-bond acceptors (Lipinski definition) is 5. The molecule has 21 heavy (non-hydrogen) atoms. The van der Waals surface area contributed by atoms with E-state index in [1.54, 1.807) is 6.20 Å². The van der Waals surface area contributed by atoms with Gasteiger partial charge in [-0.05, 0) is 30.2 Å². The maximum Gasteiger partial charge on any atom is 0.224 e. The Labute approximate surface area is 127 Å². The number of fused-ring (bicyclic) bond motifs is 1. The Hall–Kier alpha value is -2.40. The molecular formula is C15H14ClN5. The second kappa shape index (κ2) is 5.93. The summed E-state index contributed by atoms with van der Waals surface area (Å²) in [6.07, 6.45) is 2.48. The molecule has 0 bridgehead atoms. The molecule has 3 rings (SSSR count). The Bertz CT molecular complexity index is 775. The number of benzene rings is 1. The zero-order chi connectivity index (χ0) is 14.7. The van der Waals surface area contributed by atoms with Crippen LogP contribution in [-0.2, 0) is 6.42 Å². The molecule has 0 saturated heterocycles. The lowest BCUT2D eigenvalue weighted by Gasteiger charge is -2.09. The van der Waals surface area contributed by atoms with Crippen molar-refractivity contribution in [3.05, 3.63) is 53.2 Å². The molecule has 106 valence electrons. The standard InChI is InChI=1S/C15H14ClN5/c16-12-6-2-1-4-10(12)7-9-19-14-11-5-3-8-18-13(11)20-15(17)21-14/h1-6,8H,7,9H2,(H3,17,18,19,20,21). The van der Waals surface area contributed by atoms with E-state index in [1.807, 2.05) is 36.4 Å². The summed E-state index contributed by atoms with van der Waals surface area (Å²) >= 11 is 6.14. The highest BCUT2D eigenvalue weighted by atomic mass is 35.5. The topological polar surface area (TPSA) is 76.7 Å². The van der Waals surface area contributed by atoms with Gasteiger partial charge in [-0.3, -0.25) is 0 Å². The van der Waals surface area contributed by atoms with E-state index < -0.39 is 0 Å². The van der Waals surface area contributed by atoms with Gasteiger partial charge in [-0.15, -0.1) is 0 Å². The molecule has 1 aromatic carbocycles. The van der Waals surface area contributed by atoms with Gasteiger partial charge in [0.05, 0.1) is 5.39 Å².